The molecule has 7 heterocycles. The molecule has 29 nitrogen and oxygen atoms in total. The fourth-order valence-corrected chi connectivity index (χ4v) is 16.9. The third-order valence-corrected chi connectivity index (χ3v) is 23.8. The molecule has 7 aliphatic heterocycles. The standard InChI is InChI=1S/C89H102Cl3N7O22.Y/c1-42(2)27-43(3)85(113)98-77-66(106)31-52(34-72(94)107)86(114)96-75-51-32-69(117-67-24-19-49(29-59(67)91)78(108)58-38-64(104)55(37-61(75)93)48-18-23-62(102)56(28-48)74-57(35-54(101)36-65(74)105)76(97-87(58)115)63(103)11-9-10-26-99(6,7)8)82(70(33-51)118-68-25-20-50(79(77)109)30-60(68)92)121-88-83(81(111)80(110)71(41-100)119-88)120-73-39-89(5,84(112)44(4)116-73)95-40-45-12-14-46(15-13-45)47-16-21-53(90)22-17-47;/h12-25,28-30,32-33,35-36,42-44,52,55,58,71,73,75-81,83-84,88,93,95,100,108-112H,9-11,26-27,31,34,37-41H2,1-8H3,(H7-,94,96,97,98,101,102,105,107,113,114,115);/p+1/t43?,44?,52?,55?,58?,71?,73?,75?,76?,77?,78?,79-,80?,81?,83?,84?,88?,89?;/m0./s1. The molecule has 7 aliphatic rings. The van der Waals surface area contributed by atoms with Crippen molar-refractivity contribution in [3.63, 3.8) is 0 Å². The van der Waals surface area contributed by atoms with Gasteiger partial charge in [0.1, 0.15) is 71.0 Å². The third kappa shape index (κ3) is 21.8. The summed E-state index contributed by atoms with van der Waals surface area (Å²) in [6.45, 7) is 8.66. The van der Waals surface area contributed by atoms with Crippen molar-refractivity contribution >= 4 is 81.5 Å². The maximum atomic E-state index is 16.0. The number of unbranched alkanes of at least 4 members (excludes halogenated alkanes) is 1. The molecule has 2 fully saturated rings. The van der Waals surface area contributed by atoms with Crippen LogP contribution in [0.5, 0.6) is 46.0 Å². The summed E-state index contributed by atoms with van der Waals surface area (Å²) in [6.07, 6.45) is -19.4. The number of ketones is 3. The van der Waals surface area contributed by atoms with E-state index >= 15 is 19.2 Å². The Morgan fingerprint density at radius 3 is 1.93 bits per heavy atom. The number of aromatic hydroxyl groups is 3. The maximum Gasteiger partial charge on any atom is 0.230 e. The number of amides is 4. The van der Waals surface area contributed by atoms with E-state index in [1.165, 1.54) is 66.7 Å². The maximum absolute atomic E-state index is 16.0. The molecule has 2 saturated heterocycles. The van der Waals surface area contributed by atoms with Gasteiger partial charge in [-0.25, -0.2) is 0 Å². The average molecular weight is 1820 g/mol. The van der Waals surface area contributed by atoms with Crippen molar-refractivity contribution in [2.45, 2.75) is 190 Å². The van der Waals surface area contributed by atoms with Crippen LogP contribution in [-0.2, 0) is 87.0 Å². The zero-order valence-corrected chi connectivity index (χ0v) is 73.7. The molecular weight excluding hydrogens is 1710 g/mol. The number of hydrogen-bond acceptors (Lipinski definition) is 24. The fraction of sp³-hybridized carbons (Fsp3) is 0.438. The summed E-state index contributed by atoms with van der Waals surface area (Å²) >= 11 is 20.7. The van der Waals surface area contributed by atoms with Crippen LogP contribution in [0.4, 0.5) is 0 Å². The number of nitrogens with one attached hydrogen (secondary N) is 5. The van der Waals surface area contributed by atoms with Crippen LogP contribution in [0.15, 0.2) is 127 Å². The number of carbonyl (C=O) groups excluding carboxylic acids is 7. The van der Waals surface area contributed by atoms with Crippen molar-refractivity contribution in [3.8, 4) is 68.2 Å². The Kier molecular flexibility index (Phi) is 30.7. The minimum atomic E-state index is -2.01. The van der Waals surface area contributed by atoms with E-state index in [1.54, 1.807) is 32.9 Å². The minimum absolute atomic E-state index is 0. The summed E-state index contributed by atoms with van der Waals surface area (Å²) in [6, 6.07) is 25.6. The van der Waals surface area contributed by atoms with E-state index in [4.69, 9.17) is 69.0 Å². The second-order valence-corrected chi connectivity index (χ2v) is 35.0. The predicted molar refractivity (Wildman–Crippen MR) is 446 cm³/mol. The molecule has 16 N–H and O–H groups in total. The first-order valence-corrected chi connectivity index (χ1v) is 41.3. The smallest absolute Gasteiger partial charge is 0.230 e. The first-order chi connectivity index (χ1) is 57.2. The van der Waals surface area contributed by atoms with Crippen LogP contribution in [0.2, 0.25) is 15.1 Å². The summed E-state index contributed by atoms with van der Waals surface area (Å²) < 4.78 is 40.6. The number of ether oxygens (including phenoxy) is 6. The van der Waals surface area contributed by atoms with E-state index in [-0.39, 0.29) is 119 Å². The first kappa shape index (κ1) is 94.1. The molecule has 0 aromatic heterocycles. The van der Waals surface area contributed by atoms with Crippen LogP contribution in [-0.4, -0.2) is 192 Å². The number of nitrogens with two attached hydrogens (primary N) is 1. The Morgan fingerprint density at radius 1 is 0.705 bits per heavy atom. The molecule has 14 rings (SSSR count). The van der Waals surface area contributed by atoms with Crippen LogP contribution in [0.1, 0.15) is 156 Å². The predicted octanol–water partition coefficient (Wildman–Crippen LogP) is 10.2. The Hall–Kier alpha value is -8.57. The van der Waals surface area contributed by atoms with Gasteiger partial charge in [0.05, 0.1) is 80.5 Å². The second kappa shape index (κ2) is 39.7. The van der Waals surface area contributed by atoms with Gasteiger partial charge in [0.15, 0.2) is 35.5 Å². The van der Waals surface area contributed by atoms with Crippen molar-refractivity contribution in [2.24, 2.45) is 29.4 Å². The van der Waals surface area contributed by atoms with Crippen LogP contribution < -0.4 is 41.2 Å². The fourth-order valence-electron chi connectivity index (χ4n) is 16.4. The van der Waals surface area contributed by atoms with E-state index in [0.29, 0.717) is 35.3 Å². The molecule has 649 valence electrons. The summed E-state index contributed by atoms with van der Waals surface area (Å²) in [5.41, 5.74) is 5.72. The molecule has 11 bridgehead atoms. The molecule has 7 aromatic rings. The Labute approximate surface area is 745 Å². The van der Waals surface area contributed by atoms with E-state index in [1.807, 2.05) is 71.4 Å². The Bertz CT molecular complexity index is 5060. The molecule has 122 heavy (non-hydrogen) atoms. The molecule has 0 aliphatic carbocycles. The molecule has 18 atom stereocenters. The summed E-state index contributed by atoms with van der Waals surface area (Å²) in [4.78, 5) is 105. The number of phenolic OH excluding ortho intramolecular Hbond substituents is 3. The van der Waals surface area contributed by atoms with E-state index < -0.39 is 222 Å². The number of nitrogens with zero attached hydrogens (tertiary/aromatic N) is 1. The summed E-state index contributed by atoms with van der Waals surface area (Å²) in [5.74, 6) is -16.4. The van der Waals surface area contributed by atoms with Crippen LogP contribution in [0.25, 0.3) is 22.3 Å². The van der Waals surface area contributed by atoms with E-state index in [9.17, 15) is 65.8 Å². The monoisotopic (exact) mass is 1820 g/mol. The molecule has 33 heteroatoms. The van der Waals surface area contributed by atoms with Crippen molar-refractivity contribution in [3.05, 3.63) is 176 Å². The van der Waals surface area contributed by atoms with Gasteiger partial charge in [-0.2, -0.15) is 0 Å². The number of rotatable bonds is 21. The number of aliphatic hydroxyl groups is 6. The topological polar surface area (TPSA) is 455 Å². The second-order valence-electron chi connectivity index (χ2n) is 33.8. The van der Waals surface area contributed by atoms with Crippen molar-refractivity contribution in [1.82, 2.24) is 21.3 Å². The van der Waals surface area contributed by atoms with Crippen LogP contribution >= 0.6 is 34.8 Å². The van der Waals surface area contributed by atoms with Gasteiger partial charge < -0.3 is 111 Å². The van der Waals surface area contributed by atoms with E-state index in [0.717, 1.165) is 28.8 Å². The van der Waals surface area contributed by atoms with Gasteiger partial charge in [-0.15, -0.1) is 0 Å². The van der Waals surface area contributed by atoms with Crippen molar-refractivity contribution in [2.75, 3.05) is 34.3 Å². The van der Waals surface area contributed by atoms with Crippen LogP contribution in [0, 0.1) is 29.1 Å². The number of fused-ring (bicyclic) bond motifs is 15. The summed E-state index contributed by atoms with van der Waals surface area (Å²) in [5, 5.41) is 130. The number of aliphatic hydroxyl groups excluding tert-OH is 6. The van der Waals surface area contributed by atoms with Crippen molar-refractivity contribution in [1.29, 1.82) is 5.41 Å². The molecule has 4 amide bonds. The molecule has 1 radical (unpaired) electrons. The molecular formula is C89H103Cl3N7O22Y+. The number of phenols is 3. The Morgan fingerprint density at radius 2 is 1.33 bits per heavy atom. The van der Waals surface area contributed by atoms with Gasteiger partial charge in [-0.3, -0.25) is 33.6 Å². The molecule has 17 unspecified atom stereocenters. The van der Waals surface area contributed by atoms with Gasteiger partial charge in [0.2, 0.25) is 35.7 Å². The number of hydrogen-bond donors (Lipinski definition) is 15. The molecule has 0 saturated carbocycles. The summed E-state index contributed by atoms with van der Waals surface area (Å²) in [7, 11) is 5.92. The Balaban J connectivity index is 0.0000145. The van der Waals surface area contributed by atoms with Gasteiger partial charge in [-0.05, 0) is 150 Å². The van der Waals surface area contributed by atoms with Crippen LogP contribution in [0.3, 0.4) is 0 Å². The van der Waals surface area contributed by atoms with Gasteiger partial charge >= 0.3 is 0 Å². The largest absolute Gasteiger partial charge is 0.508 e. The SMILES string of the molecule is CC(C)CC(C)C(=O)NC1C(=O)CC(CC(N)=O)C(=O)NC2C(=N)CC3C(=O)CC(C(=O)NC(C(=O)CCCC[N+](C)(C)C)c4cc(O)cc(O)c4-c4cc3ccc4O)C(O)c3ccc(c(Cl)c3)Oc3cc2cc(c3OC2OC(CO)C(O)C(O)C2OC2CC(C)(NCc3ccc(-c4ccc(Cl)cc4)cc3)C(O)C(C)O2)Oc2ccc(cc2Cl)[C@@H]1O.[Y]. The van der Waals surface area contributed by atoms with Gasteiger partial charge in [-0.1, -0.05) is 110 Å². The minimum Gasteiger partial charge on any atom is -0.508 e. The average Bonchev–Trinajstić information content (AvgIpc) is 0.765. The zero-order chi connectivity index (χ0) is 87.5. The number of benzene rings is 7. The number of carbonyl (C=O) groups is 7. The number of halogens is 3. The normalized spacial score (nSPS) is 26.6. The number of Topliss-reactive ketones (excluding diaryl/α,β-unsaturated/α-hetero) is 3. The first-order valence-electron chi connectivity index (χ1n) is 40.2. The zero-order valence-electron chi connectivity index (χ0n) is 68.6. The van der Waals surface area contributed by atoms with Gasteiger partial charge in [0, 0.05) is 123 Å². The molecule has 7 aromatic carbocycles. The van der Waals surface area contributed by atoms with E-state index in [2.05, 4.69) is 21.3 Å². The van der Waals surface area contributed by atoms with Gasteiger partial charge in [0.25, 0.3) is 0 Å². The van der Waals surface area contributed by atoms with Crippen molar-refractivity contribution < 1.29 is 145 Å². The quantitative estimate of drug-likeness (QED) is 0.0235. The number of quaternary nitrogens is 1. The number of primary amides is 1. The molecule has 0 spiro atoms. The third-order valence-electron chi connectivity index (χ3n) is 23.0.